The molecule has 0 aliphatic heterocycles. The van der Waals surface area contributed by atoms with Gasteiger partial charge in [0.1, 0.15) is 11.1 Å². The van der Waals surface area contributed by atoms with Crippen LogP contribution in [0.2, 0.25) is 0 Å². The fourth-order valence-corrected chi connectivity index (χ4v) is 2.44. The van der Waals surface area contributed by atoms with Gasteiger partial charge < -0.3 is 9.52 Å². The van der Waals surface area contributed by atoms with Gasteiger partial charge in [0.25, 0.3) is 5.56 Å². The summed E-state index contributed by atoms with van der Waals surface area (Å²) in [6.07, 6.45) is 0. The van der Waals surface area contributed by atoms with E-state index in [9.17, 15) is 14.7 Å². The Morgan fingerprint density at radius 2 is 1.76 bits per heavy atom. The fourth-order valence-electron chi connectivity index (χ4n) is 2.44. The van der Waals surface area contributed by atoms with Gasteiger partial charge >= 0.3 is 5.63 Å². The van der Waals surface area contributed by atoms with Crippen LogP contribution in [-0.2, 0) is 0 Å². The summed E-state index contributed by atoms with van der Waals surface area (Å²) in [5.41, 5.74) is 1.03. The summed E-state index contributed by atoms with van der Waals surface area (Å²) in [6.45, 7) is 3.52. The normalized spacial score (nSPS) is 11.0. The maximum Gasteiger partial charge on any atom is 0.339 e. The summed E-state index contributed by atoms with van der Waals surface area (Å²) in [5, 5.41) is 9.96. The van der Waals surface area contributed by atoms with Crippen molar-refractivity contribution in [2.24, 2.45) is 0 Å². The first-order valence-electron chi connectivity index (χ1n) is 6.45. The second-order valence-electron chi connectivity index (χ2n) is 4.84. The van der Waals surface area contributed by atoms with Crippen LogP contribution in [0.5, 0.6) is 5.75 Å². The van der Waals surface area contributed by atoms with E-state index in [0.717, 1.165) is 6.07 Å². The standard InChI is InChI=1S/C16H13NO4/c1-9-10(2)17(11-6-4-3-5-7-11)16(20)14-12(18)8-13(19)21-15(9)14/h3-8,18H,1-2H3. The number of rotatable bonds is 1. The van der Waals surface area contributed by atoms with Gasteiger partial charge in [-0.25, -0.2) is 4.79 Å². The molecule has 0 saturated carbocycles. The van der Waals surface area contributed by atoms with E-state index in [-0.39, 0.29) is 16.7 Å². The van der Waals surface area contributed by atoms with Gasteiger partial charge in [0.15, 0.2) is 5.58 Å². The van der Waals surface area contributed by atoms with Crippen LogP contribution in [-0.4, -0.2) is 9.67 Å². The van der Waals surface area contributed by atoms with Gasteiger partial charge in [0, 0.05) is 16.9 Å². The molecular formula is C16H13NO4. The number of aromatic hydroxyl groups is 1. The van der Waals surface area contributed by atoms with Crippen molar-refractivity contribution in [1.82, 2.24) is 4.57 Å². The Labute approximate surface area is 119 Å². The van der Waals surface area contributed by atoms with Gasteiger partial charge in [0.05, 0.1) is 6.07 Å². The van der Waals surface area contributed by atoms with Crippen molar-refractivity contribution in [2.45, 2.75) is 13.8 Å². The quantitative estimate of drug-likeness (QED) is 0.743. The summed E-state index contributed by atoms with van der Waals surface area (Å²) in [5.74, 6) is -0.362. The van der Waals surface area contributed by atoms with E-state index < -0.39 is 11.2 Å². The van der Waals surface area contributed by atoms with Gasteiger partial charge in [-0.15, -0.1) is 0 Å². The van der Waals surface area contributed by atoms with Crippen molar-refractivity contribution in [3.8, 4) is 11.4 Å². The summed E-state index contributed by atoms with van der Waals surface area (Å²) in [6, 6.07) is 10.0. The van der Waals surface area contributed by atoms with Crippen LogP contribution in [0.25, 0.3) is 16.7 Å². The molecule has 0 atom stereocenters. The Balaban J connectivity index is 2.55. The molecule has 0 fully saturated rings. The molecule has 106 valence electrons. The molecule has 0 radical (unpaired) electrons. The summed E-state index contributed by atoms with van der Waals surface area (Å²) in [4.78, 5) is 24.1. The molecule has 2 aromatic heterocycles. The molecule has 0 bridgehead atoms. The lowest BCUT2D eigenvalue weighted by Crippen LogP contribution is -2.22. The number of nitrogens with zero attached hydrogens (tertiary/aromatic N) is 1. The largest absolute Gasteiger partial charge is 0.507 e. The van der Waals surface area contributed by atoms with E-state index >= 15 is 0 Å². The molecule has 3 aromatic rings. The van der Waals surface area contributed by atoms with Crippen LogP contribution in [0.3, 0.4) is 0 Å². The molecule has 5 nitrogen and oxygen atoms in total. The van der Waals surface area contributed by atoms with E-state index in [1.54, 1.807) is 26.0 Å². The van der Waals surface area contributed by atoms with Crippen molar-refractivity contribution >= 4 is 11.0 Å². The third kappa shape index (κ3) is 1.94. The van der Waals surface area contributed by atoms with E-state index in [2.05, 4.69) is 0 Å². The predicted octanol–water partition coefficient (Wildman–Crippen LogP) is 2.27. The molecule has 2 heterocycles. The minimum Gasteiger partial charge on any atom is -0.507 e. The second kappa shape index (κ2) is 4.63. The SMILES string of the molecule is Cc1c(C)n(-c2ccccc2)c(=O)c2c(O)cc(=O)oc12. The minimum atomic E-state index is -0.681. The minimum absolute atomic E-state index is 0.0153. The van der Waals surface area contributed by atoms with Gasteiger partial charge in [-0.1, -0.05) is 18.2 Å². The summed E-state index contributed by atoms with van der Waals surface area (Å²) in [7, 11) is 0. The molecule has 5 heteroatoms. The van der Waals surface area contributed by atoms with E-state index in [1.807, 2.05) is 18.2 Å². The summed E-state index contributed by atoms with van der Waals surface area (Å²) < 4.78 is 6.59. The summed E-state index contributed by atoms with van der Waals surface area (Å²) >= 11 is 0. The first kappa shape index (κ1) is 13.2. The highest BCUT2D eigenvalue weighted by molar-refractivity contribution is 5.85. The van der Waals surface area contributed by atoms with Crippen LogP contribution >= 0.6 is 0 Å². The Kier molecular flexibility index (Phi) is 2.90. The molecule has 0 aliphatic carbocycles. The lowest BCUT2D eigenvalue weighted by molar-refractivity contribution is 0.466. The van der Waals surface area contributed by atoms with Gasteiger partial charge in [-0.3, -0.25) is 9.36 Å². The van der Waals surface area contributed by atoms with Gasteiger partial charge in [-0.05, 0) is 26.0 Å². The molecule has 1 aromatic carbocycles. The lowest BCUT2D eigenvalue weighted by Gasteiger charge is -2.14. The topological polar surface area (TPSA) is 72.4 Å². The molecule has 0 unspecified atom stereocenters. The number of benzene rings is 1. The van der Waals surface area contributed by atoms with Crippen molar-refractivity contribution in [1.29, 1.82) is 0 Å². The zero-order chi connectivity index (χ0) is 15.1. The van der Waals surface area contributed by atoms with E-state index in [4.69, 9.17) is 4.42 Å². The number of hydrogen-bond donors (Lipinski definition) is 1. The van der Waals surface area contributed by atoms with Gasteiger partial charge in [0.2, 0.25) is 0 Å². The highest BCUT2D eigenvalue weighted by atomic mass is 16.4. The molecule has 3 rings (SSSR count). The zero-order valence-corrected chi connectivity index (χ0v) is 11.6. The molecule has 21 heavy (non-hydrogen) atoms. The number of fused-ring (bicyclic) bond motifs is 1. The van der Waals surface area contributed by atoms with E-state index in [1.165, 1.54) is 4.57 Å². The maximum absolute atomic E-state index is 12.7. The molecule has 1 N–H and O–H groups in total. The van der Waals surface area contributed by atoms with Crippen LogP contribution < -0.4 is 11.2 Å². The van der Waals surface area contributed by atoms with E-state index in [0.29, 0.717) is 16.9 Å². The predicted molar refractivity (Wildman–Crippen MR) is 79.2 cm³/mol. The molecule has 0 amide bonds. The van der Waals surface area contributed by atoms with Crippen molar-refractivity contribution in [3.05, 3.63) is 68.4 Å². The average Bonchev–Trinajstić information content (AvgIpc) is 2.45. The first-order chi connectivity index (χ1) is 10.0. The molecular weight excluding hydrogens is 270 g/mol. The first-order valence-corrected chi connectivity index (χ1v) is 6.45. The van der Waals surface area contributed by atoms with Crippen LogP contribution in [0.4, 0.5) is 0 Å². The monoisotopic (exact) mass is 283 g/mol. The van der Waals surface area contributed by atoms with Crippen molar-refractivity contribution < 1.29 is 9.52 Å². The third-order valence-electron chi connectivity index (χ3n) is 3.59. The Hall–Kier alpha value is -2.82. The maximum atomic E-state index is 12.7. The molecule has 0 saturated heterocycles. The smallest absolute Gasteiger partial charge is 0.339 e. The second-order valence-corrected chi connectivity index (χ2v) is 4.84. The number of pyridine rings is 1. The lowest BCUT2D eigenvalue weighted by atomic mass is 10.1. The molecule has 0 aliphatic rings. The fraction of sp³-hybridized carbons (Fsp3) is 0.125. The highest BCUT2D eigenvalue weighted by Crippen LogP contribution is 2.25. The Morgan fingerprint density at radius 3 is 2.43 bits per heavy atom. The van der Waals surface area contributed by atoms with Crippen LogP contribution in [0.15, 0.2) is 50.4 Å². The number of aromatic nitrogens is 1. The number of aryl methyl sites for hydroxylation is 1. The highest BCUT2D eigenvalue weighted by Gasteiger charge is 2.17. The Bertz CT molecular complexity index is 952. The number of hydrogen-bond acceptors (Lipinski definition) is 4. The third-order valence-corrected chi connectivity index (χ3v) is 3.59. The average molecular weight is 283 g/mol. The number of para-hydroxylation sites is 1. The zero-order valence-electron chi connectivity index (χ0n) is 11.6. The van der Waals surface area contributed by atoms with Crippen molar-refractivity contribution in [3.63, 3.8) is 0 Å². The van der Waals surface area contributed by atoms with Crippen LogP contribution in [0, 0.1) is 13.8 Å². The van der Waals surface area contributed by atoms with Crippen LogP contribution in [0.1, 0.15) is 11.3 Å². The van der Waals surface area contributed by atoms with Gasteiger partial charge in [-0.2, -0.15) is 0 Å². The van der Waals surface area contributed by atoms with Crippen molar-refractivity contribution in [2.75, 3.05) is 0 Å². The molecule has 0 spiro atoms. The Morgan fingerprint density at radius 1 is 1.10 bits per heavy atom.